The number of hydrogen-bond donors (Lipinski definition) is 2. The molecule has 3 heteroatoms. The third-order valence-corrected chi connectivity index (χ3v) is 2.70. The summed E-state index contributed by atoms with van der Waals surface area (Å²) >= 11 is 0. The van der Waals surface area contributed by atoms with E-state index < -0.39 is 12.1 Å². The summed E-state index contributed by atoms with van der Waals surface area (Å²) in [5.41, 5.74) is 2.30. The number of aliphatic hydroxyl groups is 1. The van der Waals surface area contributed by atoms with Gasteiger partial charge in [0.1, 0.15) is 0 Å². The minimum Gasteiger partial charge on any atom is -0.481 e. The van der Waals surface area contributed by atoms with Crippen molar-refractivity contribution in [3.63, 3.8) is 0 Å². The molecule has 1 unspecified atom stereocenters. The second-order valence-electron chi connectivity index (χ2n) is 5.40. The van der Waals surface area contributed by atoms with E-state index >= 15 is 0 Å². The molecule has 17 heavy (non-hydrogen) atoms. The minimum atomic E-state index is -0.969. The zero-order valence-electron chi connectivity index (χ0n) is 10.6. The monoisotopic (exact) mass is 236 g/mol. The Morgan fingerprint density at radius 1 is 1.24 bits per heavy atom. The average molecular weight is 236 g/mol. The van der Waals surface area contributed by atoms with Crippen molar-refractivity contribution in [2.24, 2.45) is 0 Å². The number of rotatable bonds is 4. The summed E-state index contributed by atoms with van der Waals surface area (Å²) in [6, 6.07) is 7.96. The Kier molecular flexibility index (Phi) is 4.29. The van der Waals surface area contributed by atoms with Gasteiger partial charge >= 0.3 is 5.97 Å². The van der Waals surface area contributed by atoms with Gasteiger partial charge in [0.05, 0.1) is 12.5 Å². The molecule has 1 atom stereocenters. The van der Waals surface area contributed by atoms with Crippen LogP contribution in [0.25, 0.3) is 0 Å². The van der Waals surface area contributed by atoms with E-state index in [0.717, 1.165) is 5.56 Å². The Morgan fingerprint density at radius 3 is 2.18 bits per heavy atom. The fourth-order valence-electron chi connectivity index (χ4n) is 1.69. The normalized spacial score (nSPS) is 13.4. The van der Waals surface area contributed by atoms with Crippen LogP contribution in [-0.4, -0.2) is 22.3 Å². The van der Waals surface area contributed by atoms with E-state index in [-0.39, 0.29) is 11.8 Å². The number of hydrogen-bond acceptors (Lipinski definition) is 2. The van der Waals surface area contributed by atoms with Crippen LogP contribution in [0.5, 0.6) is 0 Å². The smallest absolute Gasteiger partial charge is 0.305 e. The number of benzene rings is 1. The summed E-state index contributed by atoms with van der Waals surface area (Å²) in [4.78, 5) is 10.4. The Balaban J connectivity index is 2.66. The van der Waals surface area contributed by atoms with Crippen LogP contribution in [-0.2, 0) is 16.6 Å². The summed E-state index contributed by atoms with van der Waals surface area (Å²) in [7, 11) is 0. The van der Waals surface area contributed by atoms with Crippen LogP contribution in [0, 0.1) is 0 Å². The van der Waals surface area contributed by atoms with Crippen molar-refractivity contribution in [3.05, 3.63) is 35.4 Å². The number of carboxylic acids is 1. The number of aliphatic carboxylic acids is 1. The number of carbonyl (C=O) groups is 1. The van der Waals surface area contributed by atoms with Crippen molar-refractivity contribution in [1.82, 2.24) is 0 Å². The summed E-state index contributed by atoms with van der Waals surface area (Å²) in [5.74, 6) is -0.969. The lowest BCUT2D eigenvalue weighted by Gasteiger charge is -2.19. The van der Waals surface area contributed by atoms with E-state index in [1.54, 1.807) is 0 Å². The van der Waals surface area contributed by atoms with Crippen LogP contribution in [0.4, 0.5) is 0 Å². The van der Waals surface area contributed by atoms with Crippen molar-refractivity contribution < 1.29 is 15.0 Å². The number of aliphatic hydroxyl groups excluding tert-OH is 1. The third kappa shape index (κ3) is 4.57. The maximum atomic E-state index is 10.4. The predicted molar refractivity (Wildman–Crippen MR) is 67.1 cm³/mol. The highest BCUT2D eigenvalue weighted by atomic mass is 16.4. The van der Waals surface area contributed by atoms with E-state index in [9.17, 15) is 9.90 Å². The molecule has 1 aromatic rings. The van der Waals surface area contributed by atoms with Crippen molar-refractivity contribution >= 4 is 5.97 Å². The average Bonchev–Trinajstić information content (AvgIpc) is 2.15. The molecule has 0 aliphatic rings. The zero-order valence-corrected chi connectivity index (χ0v) is 10.6. The summed E-state index contributed by atoms with van der Waals surface area (Å²) in [5, 5.41) is 18.1. The lowest BCUT2D eigenvalue weighted by Crippen LogP contribution is -2.16. The minimum absolute atomic E-state index is 0.109. The highest BCUT2D eigenvalue weighted by molar-refractivity contribution is 5.67. The lowest BCUT2D eigenvalue weighted by atomic mass is 9.86. The zero-order chi connectivity index (χ0) is 13.1. The molecule has 0 aliphatic heterocycles. The first-order chi connectivity index (χ1) is 7.79. The highest BCUT2D eigenvalue weighted by Gasteiger charge is 2.14. The molecule has 0 amide bonds. The SMILES string of the molecule is CC(C)(C)c1ccc(CC(O)CC(=O)O)cc1. The van der Waals surface area contributed by atoms with Crippen molar-refractivity contribution in [3.8, 4) is 0 Å². The Morgan fingerprint density at radius 2 is 1.76 bits per heavy atom. The van der Waals surface area contributed by atoms with E-state index in [2.05, 4.69) is 20.8 Å². The van der Waals surface area contributed by atoms with E-state index in [1.165, 1.54) is 5.56 Å². The Hall–Kier alpha value is -1.35. The fourth-order valence-corrected chi connectivity index (χ4v) is 1.69. The molecular formula is C14H20O3. The van der Waals surface area contributed by atoms with Crippen LogP contribution in [0.15, 0.2) is 24.3 Å². The third-order valence-electron chi connectivity index (χ3n) is 2.70. The van der Waals surface area contributed by atoms with Crippen molar-refractivity contribution in [2.45, 2.75) is 45.1 Å². The quantitative estimate of drug-likeness (QED) is 0.843. The van der Waals surface area contributed by atoms with Gasteiger partial charge in [0.2, 0.25) is 0 Å². The first-order valence-corrected chi connectivity index (χ1v) is 5.78. The highest BCUT2D eigenvalue weighted by Crippen LogP contribution is 2.22. The van der Waals surface area contributed by atoms with Crippen molar-refractivity contribution in [1.29, 1.82) is 0 Å². The molecule has 0 heterocycles. The molecule has 94 valence electrons. The first-order valence-electron chi connectivity index (χ1n) is 5.78. The predicted octanol–water partition coefficient (Wildman–Crippen LogP) is 2.36. The van der Waals surface area contributed by atoms with Gasteiger partial charge in [0, 0.05) is 0 Å². The molecule has 0 aliphatic carbocycles. The van der Waals surface area contributed by atoms with Gasteiger partial charge in [-0.25, -0.2) is 0 Å². The molecule has 0 saturated carbocycles. The van der Waals surface area contributed by atoms with Crippen molar-refractivity contribution in [2.75, 3.05) is 0 Å². The number of carboxylic acid groups (broad SMARTS) is 1. The molecular weight excluding hydrogens is 216 g/mol. The van der Waals surface area contributed by atoms with Gasteiger partial charge in [-0.05, 0) is 23.0 Å². The molecule has 0 bridgehead atoms. The first kappa shape index (κ1) is 13.7. The molecule has 2 N–H and O–H groups in total. The summed E-state index contributed by atoms with van der Waals surface area (Å²) in [6.45, 7) is 6.42. The topological polar surface area (TPSA) is 57.5 Å². The van der Waals surface area contributed by atoms with Crippen LogP contribution >= 0.6 is 0 Å². The Labute approximate surface area is 102 Å². The van der Waals surface area contributed by atoms with Crippen LogP contribution in [0.1, 0.15) is 38.3 Å². The molecule has 1 aromatic carbocycles. The molecule has 0 fully saturated rings. The van der Waals surface area contributed by atoms with Gasteiger partial charge in [0.25, 0.3) is 0 Å². The standard InChI is InChI=1S/C14H20O3/c1-14(2,3)11-6-4-10(5-7-11)8-12(15)9-13(16)17/h4-7,12,15H,8-9H2,1-3H3,(H,16,17). The van der Waals surface area contributed by atoms with Gasteiger partial charge in [0.15, 0.2) is 0 Å². The van der Waals surface area contributed by atoms with Gasteiger partial charge in [-0.3, -0.25) is 4.79 Å². The van der Waals surface area contributed by atoms with E-state index in [0.29, 0.717) is 6.42 Å². The summed E-state index contributed by atoms with van der Waals surface area (Å²) < 4.78 is 0. The second-order valence-corrected chi connectivity index (χ2v) is 5.40. The van der Waals surface area contributed by atoms with Crippen LogP contribution in [0.2, 0.25) is 0 Å². The second kappa shape index (κ2) is 5.32. The maximum absolute atomic E-state index is 10.4. The van der Waals surface area contributed by atoms with E-state index in [1.807, 2.05) is 24.3 Å². The van der Waals surface area contributed by atoms with Gasteiger partial charge in [-0.1, -0.05) is 45.0 Å². The van der Waals surface area contributed by atoms with Crippen LogP contribution in [0.3, 0.4) is 0 Å². The lowest BCUT2D eigenvalue weighted by molar-refractivity contribution is -0.139. The Bertz CT molecular complexity index is 373. The fraction of sp³-hybridized carbons (Fsp3) is 0.500. The van der Waals surface area contributed by atoms with E-state index in [4.69, 9.17) is 5.11 Å². The van der Waals surface area contributed by atoms with Gasteiger partial charge in [-0.15, -0.1) is 0 Å². The largest absolute Gasteiger partial charge is 0.481 e. The van der Waals surface area contributed by atoms with Crippen LogP contribution < -0.4 is 0 Å². The maximum Gasteiger partial charge on any atom is 0.305 e. The molecule has 3 nitrogen and oxygen atoms in total. The van der Waals surface area contributed by atoms with Gasteiger partial charge in [-0.2, -0.15) is 0 Å². The molecule has 0 aromatic heterocycles. The molecule has 0 radical (unpaired) electrons. The molecule has 1 rings (SSSR count). The molecule has 0 saturated heterocycles. The summed E-state index contributed by atoms with van der Waals surface area (Å²) in [6.07, 6.45) is -0.634. The van der Waals surface area contributed by atoms with Gasteiger partial charge < -0.3 is 10.2 Å². The molecule has 0 spiro atoms.